The van der Waals surface area contributed by atoms with Crippen molar-refractivity contribution in [3.63, 3.8) is 0 Å². The van der Waals surface area contributed by atoms with Crippen LogP contribution in [0.1, 0.15) is 46.7 Å². The van der Waals surface area contributed by atoms with Crippen molar-refractivity contribution >= 4 is 5.57 Å². The van der Waals surface area contributed by atoms with E-state index in [2.05, 4.69) is 166 Å². The van der Waals surface area contributed by atoms with Gasteiger partial charge in [-0.25, -0.2) is 0 Å². The summed E-state index contributed by atoms with van der Waals surface area (Å²) >= 11 is 0. The van der Waals surface area contributed by atoms with E-state index in [4.69, 9.17) is 0 Å². The van der Waals surface area contributed by atoms with Crippen molar-refractivity contribution in [3.8, 4) is 11.1 Å². The minimum absolute atomic E-state index is 0.264. The lowest BCUT2D eigenvalue weighted by Crippen LogP contribution is -2.29. The molecule has 2 aliphatic rings. The topological polar surface area (TPSA) is 0 Å². The van der Waals surface area contributed by atoms with Crippen molar-refractivity contribution in [2.45, 2.75) is 32.1 Å². The Morgan fingerprint density at radius 2 is 1.24 bits per heavy atom. The summed E-state index contributed by atoms with van der Waals surface area (Å²) in [5.74, 6) is 0. The summed E-state index contributed by atoms with van der Waals surface area (Å²) in [5, 5.41) is 0. The molecule has 7 rings (SSSR count). The van der Waals surface area contributed by atoms with Gasteiger partial charge in [0.05, 0.1) is 5.41 Å². The molecule has 0 N–H and O–H groups in total. The van der Waals surface area contributed by atoms with Crippen LogP contribution in [0.15, 0.2) is 151 Å². The van der Waals surface area contributed by atoms with Gasteiger partial charge >= 0.3 is 0 Å². The van der Waals surface area contributed by atoms with Crippen LogP contribution in [-0.4, -0.2) is 0 Å². The SMILES string of the molecule is C1=CC2=C(C=CC1)C(c1ccccc1)(c1ccccc1)c1ccccc12.CCc1ccccc1-c1ccc#cc1C. The fourth-order valence-corrected chi connectivity index (χ4v) is 6.40. The second-order valence-electron chi connectivity index (χ2n) is 10.5. The molecule has 0 aliphatic heterocycles. The van der Waals surface area contributed by atoms with E-state index in [1.165, 1.54) is 55.7 Å². The molecule has 0 radical (unpaired) electrons. The molecule has 5 aromatic rings. The highest BCUT2D eigenvalue weighted by Gasteiger charge is 2.46. The third-order valence-corrected chi connectivity index (χ3v) is 8.26. The van der Waals surface area contributed by atoms with E-state index in [-0.39, 0.29) is 5.41 Å². The van der Waals surface area contributed by atoms with Gasteiger partial charge in [0.1, 0.15) is 0 Å². The van der Waals surface area contributed by atoms with E-state index < -0.39 is 0 Å². The number of hydrogen-bond acceptors (Lipinski definition) is 0. The highest BCUT2D eigenvalue weighted by atomic mass is 14.5. The largest absolute Gasteiger partial charge is 0.0804 e. The zero-order valence-electron chi connectivity index (χ0n) is 23.8. The third kappa shape index (κ3) is 4.75. The maximum absolute atomic E-state index is 3.12. The second-order valence-corrected chi connectivity index (χ2v) is 10.5. The Morgan fingerprint density at radius 3 is 1.93 bits per heavy atom. The Hall–Kier alpha value is -4.86. The first-order valence-electron chi connectivity index (χ1n) is 14.5. The molecule has 0 bridgehead atoms. The molecule has 0 unspecified atom stereocenters. The Kier molecular flexibility index (Phi) is 7.53. The van der Waals surface area contributed by atoms with Crippen LogP contribution in [0.4, 0.5) is 0 Å². The lowest BCUT2D eigenvalue weighted by Gasteiger charge is -2.34. The molecular formula is C41H34. The lowest BCUT2D eigenvalue weighted by molar-refractivity contribution is 0.761. The van der Waals surface area contributed by atoms with Gasteiger partial charge in [-0.05, 0) is 82.0 Å². The molecule has 198 valence electrons. The Morgan fingerprint density at radius 1 is 0.634 bits per heavy atom. The summed E-state index contributed by atoms with van der Waals surface area (Å²) in [6, 6.07) is 49.4. The Balaban J connectivity index is 0.000000172. The summed E-state index contributed by atoms with van der Waals surface area (Å²) in [6.07, 6.45) is 11.2. The summed E-state index contributed by atoms with van der Waals surface area (Å²) in [6.45, 7) is 4.27. The van der Waals surface area contributed by atoms with Gasteiger partial charge in [0, 0.05) is 5.56 Å². The van der Waals surface area contributed by atoms with Crippen LogP contribution >= 0.6 is 0 Å². The molecule has 0 saturated carbocycles. The van der Waals surface area contributed by atoms with Crippen LogP contribution < -0.4 is 0 Å². The third-order valence-electron chi connectivity index (χ3n) is 8.26. The fraction of sp³-hybridized carbons (Fsp3) is 0.122. The number of benzene rings is 4. The molecular weight excluding hydrogens is 492 g/mol. The van der Waals surface area contributed by atoms with Crippen LogP contribution in [0.3, 0.4) is 0 Å². The predicted octanol–water partition coefficient (Wildman–Crippen LogP) is 10.1. The van der Waals surface area contributed by atoms with Crippen molar-refractivity contribution in [2.24, 2.45) is 0 Å². The number of allylic oxidation sites excluding steroid dienone is 6. The maximum atomic E-state index is 3.12. The van der Waals surface area contributed by atoms with Crippen LogP contribution in [0, 0.1) is 19.1 Å². The Bertz CT molecular complexity index is 1690. The first-order chi connectivity index (χ1) is 20.2. The molecule has 0 heterocycles. The van der Waals surface area contributed by atoms with Crippen molar-refractivity contribution < 1.29 is 0 Å². The van der Waals surface area contributed by atoms with E-state index in [0.29, 0.717) is 0 Å². The fourth-order valence-electron chi connectivity index (χ4n) is 6.40. The predicted molar refractivity (Wildman–Crippen MR) is 173 cm³/mol. The molecule has 0 spiro atoms. The minimum Gasteiger partial charge on any atom is -0.0804 e. The standard InChI is InChI=1S/C26H20.C15H14/c1-4-12-20(13-5-1)26(21-14-6-2-7-15-21)24-18-9-3-8-16-22(24)23-17-10-11-19-25(23)26;1-3-13-9-5-7-11-15(13)14-10-6-4-8-12(14)2/h1-2,4-19H,3H2;5-7,9-11H,3H2,1-2H3. The van der Waals surface area contributed by atoms with Gasteiger partial charge in [-0.15, -0.1) is 0 Å². The molecule has 0 nitrogen and oxygen atoms in total. The molecule has 0 heteroatoms. The normalized spacial score (nSPS) is 14.3. The summed E-state index contributed by atoms with van der Waals surface area (Å²) in [7, 11) is 0. The molecule has 41 heavy (non-hydrogen) atoms. The van der Waals surface area contributed by atoms with E-state index >= 15 is 0 Å². The lowest BCUT2D eigenvalue weighted by atomic mass is 9.67. The van der Waals surface area contributed by atoms with Crippen molar-refractivity contribution in [1.29, 1.82) is 0 Å². The summed E-state index contributed by atoms with van der Waals surface area (Å²) < 4.78 is 0. The molecule has 0 atom stereocenters. The minimum atomic E-state index is -0.264. The molecule has 0 fully saturated rings. The maximum Gasteiger partial charge on any atom is 0.0713 e. The van der Waals surface area contributed by atoms with Crippen LogP contribution in [0.5, 0.6) is 0 Å². The van der Waals surface area contributed by atoms with Gasteiger partial charge in [-0.1, -0.05) is 153 Å². The van der Waals surface area contributed by atoms with Crippen LogP contribution in [0.25, 0.3) is 16.7 Å². The molecule has 5 aromatic carbocycles. The van der Waals surface area contributed by atoms with Crippen LogP contribution in [-0.2, 0) is 11.8 Å². The number of fused-ring (bicyclic) bond motifs is 2. The first-order valence-corrected chi connectivity index (χ1v) is 14.5. The zero-order chi connectivity index (χ0) is 28.1. The first kappa shape index (κ1) is 26.4. The number of hydrogen-bond donors (Lipinski definition) is 0. The van der Waals surface area contributed by atoms with E-state index in [0.717, 1.165) is 12.8 Å². The number of aryl methyl sites for hydroxylation is 1. The highest BCUT2D eigenvalue weighted by Crippen LogP contribution is 2.55. The van der Waals surface area contributed by atoms with Gasteiger partial charge in [-0.2, -0.15) is 0 Å². The van der Waals surface area contributed by atoms with Gasteiger partial charge in [0.25, 0.3) is 0 Å². The number of rotatable bonds is 4. The van der Waals surface area contributed by atoms with E-state index in [9.17, 15) is 0 Å². The van der Waals surface area contributed by atoms with Gasteiger partial charge < -0.3 is 0 Å². The van der Waals surface area contributed by atoms with Crippen LogP contribution in [0.2, 0.25) is 0 Å². The molecule has 0 saturated heterocycles. The average molecular weight is 527 g/mol. The average Bonchev–Trinajstić information content (AvgIpc) is 3.14. The molecule has 0 amide bonds. The molecule has 2 aliphatic carbocycles. The monoisotopic (exact) mass is 526 g/mol. The Labute approximate surface area is 245 Å². The van der Waals surface area contributed by atoms with E-state index in [1.807, 2.05) is 6.07 Å². The second kappa shape index (κ2) is 11.7. The van der Waals surface area contributed by atoms with Gasteiger partial charge in [-0.3, -0.25) is 0 Å². The molecule has 0 aromatic heterocycles. The zero-order valence-corrected chi connectivity index (χ0v) is 23.8. The van der Waals surface area contributed by atoms with Crippen molar-refractivity contribution in [1.82, 2.24) is 0 Å². The quantitative estimate of drug-likeness (QED) is 0.218. The summed E-state index contributed by atoms with van der Waals surface area (Å²) in [4.78, 5) is 0. The summed E-state index contributed by atoms with van der Waals surface area (Å²) in [5.41, 5.74) is 13.0. The van der Waals surface area contributed by atoms with E-state index in [1.54, 1.807) is 0 Å². The van der Waals surface area contributed by atoms with Gasteiger partial charge in [0.2, 0.25) is 0 Å². The van der Waals surface area contributed by atoms with Crippen molar-refractivity contribution in [3.05, 3.63) is 197 Å². The smallest absolute Gasteiger partial charge is 0.0713 e. The van der Waals surface area contributed by atoms with Gasteiger partial charge in [0.15, 0.2) is 0 Å². The van der Waals surface area contributed by atoms with Crippen molar-refractivity contribution in [2.75, 3.05) is 0 Å². The highest BCUT2D eigenvalue weighted by molar-refractivity contribution is 5.92.